The summed E-state index contributed by atoms with van der Waals surface area (Å²) >= 11 is 3.41. The topological polar surface area (TPSA) is 55.8 Å². The molecule has 0 saturated heterocycles. The van der Waals surface area contributed by atoms with E-state index in [9.17, 15) is 4.79 Å². The zero-order chi connectivity index (χ0) is 15.0. The number of hydrogen-bond donors (Lipinski definition) is 1. The van der Waals surface area contributed by atoms with E-state index in [0.717, 1.165) is 17.3 Å². The normalized spacial score (nSPS) is 10.3. The van der Waals surface area contributed by atoms with Crippen molar-refractivity contribution < 1.29 is 19.4 Å². The summed E-state index contributed by atoms with van der Waals surface area (Å²) in [5.41, 5.74) is 0.680. The maximum Gasteiger partial charge on any atom is 0.307 e. The minimum absolute atomic E-state index is 0.0360. The van der Waals surface area contributed by atoms with Crippen molar-refractivity contribution in [2.45, 2.75) is 39.0 Å². The molecular formula is C15H21BrO4. The van der Waals surface area contributed by atoms with Gasteiger partial charge in [0.2, 0.25) is 0 Å². The molecule has 1 rings (SSSR count). The summed E-state index contributed by atoms with van der Waals surface area (Å²) in [5, 5.41) is 8.83. The van der Waals surface area contributed by atoms with E-state index in [1.807, 2.05) is 0 Å². The average molecular weight is 345 g/mol. The Morgan fingerprint density at radius 3 is 2.65 bits per heavy atom. The zero-order valence-corrected chi connectivity index (χ0v) is 13.5. The average Bonchev–Trinajstić information content (AvgIpc) is 2.39. The summed E-state index contributed by atoms with van der Waals surface area (Å²) < 4.78 is 11.8. The van der Waals surface area contributed by atoms with Gasteiger partial charge in [-0.05, 0) is 40.0 Å². The quantitative estimate of drug-likeness (QED) is 0.686. The van der Waals surface area contributed by atoms with Crippen LogP contribution in [0.3, 0.4) is 0 Å². The van der Waals surface area contributed by atoms with Crippen LogP contribution >= 0.6 is 15.9 Å². The van der Waals surface area contributed by atoms with Crippen LogP contribution in [0.2, 0.25) is 0 Å². The molecular weight excluding hydrogens is 324 g/mol. The number of halogens is 1. The van der Waals surface area contributed by atoms with Gasteiger partial charge in [-0.1, -0.05) is 26.2 Å². The predicted molar refractivity (Wildman–Crippen MR) is 81.7 cm³/mol. The van der Waals surface area contributed by atoms with Crippen molar-refractivity contribution in [3.8, 4) is 11.5 Å². The first-order chi connectivity index (χ1) is 9.58. The van der Waals surface area contributed by atoms with Crippen LogP contribution in [0.15, 0.2) is 16.6 Å². The highest BCUT2D eigenvalue weighted by Gasteiger charge is 2.13. The summed E-state index contributed by atoms with van der Waals surface area (Å²) in [6, 6.07) is 3.47. The van der Waals surface area contributed by atoms with Crippen molar-refractivity contribution in [3.63, 3.8) is 0 Å². The maximum absolute atomic E-state index is 10.7. The second kappa shape index (κ2) is 8.84. The number of rotatable bonds is 9. The molecule has 0 amide bonds. The van der Waals surface area contributed by atoms with Gasteiger partial charge in [-0.3, -0.25) is 4.79 Å². The Hall–Kier alpha value is -1.23. The third-order valence-corrected chi connectivity index (χ3v) is 3.48. The van der Waals surface area contributed by atoms with Gasteiger partial charge >= 0.3 is 5.97 Å². The van der Waals surface area contributed by atoms with Gasteiger partial charge in [0.25, 0.3) is 0 Å². The molecule has 0 fully saturated rings. The standard InChI is InChI=1S/C15H21BrO4/c1-3-4-5-6-7-20-15-12(16)8-11(10-14(17)18)9-13(15)19-2/h8-9H,3-7,10H2,1-2H3,(H,17,18). The highest BCUT2D eigenvalue weighted by atomic mass is 79.9. The summed E-state index contributed by atoms with van der Waals surface area (Å²) in [6.45, 7) is 2.80. The van der Waals surface area contributed by atoms with Crippen LogP contribution in [0.5, 0.6) is 11.5 Å². The Morgan fingerprint density at radius 2 is 2.05 bits per heavy atom. The lowest BCUT2D eigenvalue weighted by Gasteiger charge is -2.14. The summed E-state index contributed by atoms with van der Waals surface area (Å²) in [6.07, 6.45) is 4.51. The number of carboxylic acid groups (broad SMARTS) is 1. The van der Waals surface area contributed by atoms with Crippen molar-refractivity contribution in [1.29, 1.82) is 0 Å². The van der Waals surface area contributed by atoms with Gasteiger partial charge < -0.3 is 14.6 Å². The van der Waals surface area contributed by atoms with Gasteiger partial charge in [0, 0.05) is 0 Å². The summed E-state index contributed by atoms with van der Waals surface area (Å²) in [7, 11) is 1.55. The number of benzene rings is 1. The van der Waals surface area contributed by atoms with Gasteiger partial charge in [0.15, 0.2) is 11.5 Å². The van der Waals surface area contributed by atoms with E-state index in [0.29, 0.717) is 23.7 Å². The van der Waals surface area contributed by atoms with Gasteiger partial charge in [-0.15, -0.1) is 0 Å². The first-order valence-corrected chi connectivity index (χ1v) is 7.58. The molecule has 1 N–H and O–H groups in total. The number of unbranched alkanes of at least 4 members (excludes halogenated alkanes) is 3. The second-order valence-corrected chi connectivity index (χ2v) is 5.44. The monoisotopic (exact) mass is 344 g/mol. The Labute approximate surface area is 128 Å². The van der Waals surface area contributed by atoms with E-state index in [1.165, 1.54) is 12.8 Å². The first kappa shape index (κ1) is 16.8. The number of aliphatic carboxylic acids is 1. The molecule has 112 valence electrons. The minimum atomic E-state index is -0.868. The van der Waals surface area contributed by atoms with Crippen LogP contribution in [0.4, 0.5) is 0 Å². The van der Waals surface area contributed by atoms with Crippen molar-refractivity contribution in [3.05, 3.63) is 22.2 Å². The van der Waals surface area contributed by atoms with E-state index in [1.54, 1.807) is 19.2 Å². The molecule has 0 heterocycles. The number of methoxy groups -OCH3 is 1. The Morgan fingerprint density at radius 1 is 1.30 bits per heavy atom. The van der Waals surface area contributed by atoms with E-state index >= 15 is 0 Å². The molecule has 0 saturated carbocycles. The van der Waals surface area contributed by atoms with Crippen LogP contribution < -0.4 is 9.47 Å². The molecule has 0 bridgehead atoms. The molecule has 5 heteroatoms. The fraction of sp³-hybridized carbons (Fsp3) is 0.533. The lowest BCUT2D eigenvalue weighted by Crippen LogP contribution is -2.03. The molecule has 0 spiro atoms. The predicted octanol–water partition coefficient (Wildman–Crippen LogP) is 4.04. The van der Waals surface area contributed by atoms with Crippen LogP contribution in [0.25, 0.3) is 0 Å². The molecule has 0 aliphatic rings. The lowest BCUT2D eigenvalue weighted by molar-refractivity contribution is -0.136. The number of carbonyl (C=O) groups is 1. The molecule has 1 aromatic rings. The molecule has 0 atom stereocenters. The van der Waals surface area contributed by atoms with Gasteiger partial charge in [0.1, 0.15) is 0 Å². The van der Waals surface area contributed by atoms with Crippen LogP contribution in [-0.2, 0) is 11.2 Å². The molecule has 0 aliphatic carbocycles. The molecule has 20 heavy (non-hydrogen) atoms. The number of hydrogen-bond acceptors (Lipinski definition) is 3. The smallest absolute Gasteiger partial charge is 0.307 e. The van der Waals surface area contributed by atoms with Crippen molar-refractivity contribution in [2.75, 3.05) is 13.7 Å². The van der Waals surface area contributed by atoms with Crippen molar-refractivity contribution in [2.24, 2.45) is 0 Å². The van der Waals surface area contributed by atoms with Crippen LogP contribution in [0.1, 0.15) is 38.2 Å². The Bertz CT molecular complexity index is 446. The molecule has 0 aromatic heterocycles. The van der Waals surface area contributed by atoms with E-state index in [2.05, 4.69) is 22.9 Å². The third kappa shape index (κ3) is 5.41. The number of carboxylic acids is 1. The van der Waals surface area contributed by atoms with Gasteiger partial charge in [-0.2, -0.15) is 0 Å². The van der Waals surface area contributed by atoms with E-state index in [-0.39, 0.29) is 6.42 Å². The first-order valence-electron chi connectivity index (χ1n) is 6.79. The number of ether oxygens (including phenoxy) is 2. The van der Waals surface area contributed by atoms with Crippen molar-refractivity contribution >= 4 is 21.9 Å². The van der Waals surface area contributed by atoms with Gasteiger partial charge in [0.05, 0.1) is 24.6 Å². The molecule has 4 nitrogen and oxygen atoms in total. The van der Waals surface area contributed by atoms with Crippen LogP contribution in [-0.4, -0.2) is 24.8 Å². The minimum Gasteiger partial charge on any atom is -0.493 e. The summed E-state index contributed by atoms with van der Waals surface area (Å²) in [5.74, 6) is 0.330. The molecule has 1 aromatic carbocycles. The SMILES string of the molecule is CCCCCCOc1c(Br)cc(CC(=O)O)cc1OC. The van der Waals surface area contributed by atoms with E-state index in [4.69, 9.17) is 14.6 Å². The van der Waals surface area contributed by atoms with Crippen LogP contribution in [0, 0.1) is 0 Å². The van der Waals surface area contributed by atoms with Crippen molar-refractivity contribution in [1.82, 2.24) is 0 Å². The third-order valence-electron chi connectivity index (χ3n) is 2.89. The molecule has 0 radical (unpaired) electrons. The summed E-state index contributed by atoms with van der Waals surface area (Å²) in [4.78, 5) is 10.7. The highest BCUT2D eigenvalue weighted by molar-refractivity contribution is 9.10. The maximum atomic E-state index is 10.7. The Balaban J connectivity index is 2.72. The molecule has 0 unspecified atom stereocenters. The van der Waals surface area contributed by atoms with Gasteiger partial charge in [-0.25, -0.2) is 0 Å². The molecule has 0 aliphatic heterocycles. The Kier molecular flexibility index (Phi) is 7.44. The highest BCUT2D eigenvalue weighted by Crippen LogP contribution is 2.37. The fourth-order valence-electron chi connectivity index (χ4n) is 1.89. The second-order valence-electron chi connectivity index (χ2n) is 4.59. The zero-order valence-electron chi connectivity index (χ0n) is 11.9. The lowest BCUT2D eigenvalue weighted by atomic mass is 10.1. The largest absolute Gasteiger partial charge is 0.493 e. The fourth-order valence-corrected chi connectivity index (χ4v) is 2.50. The van der Waals surface area contributed by atoms with E-state index < -0.39 is 5.97 Å².